The Morgan fingerprint density at radius 2 is 1.84 bits per heavy atom. The third-order valence-corrected chi connectivity index (χ3v) is 6.36. The molecule has 1 atom stereocenters. The van der Waals surface area contributed by atoms with E-state index in [1.165, 1.54) is 0 Å². The van der Waals surface area contributed by atoms with Gasteiger partial charge in [0.1, 0.15) is 11.5 Å². The minimum absolute atomic E-state index is 0.0903. The molecule has 2 aliphatic heterocycles. The van der Waals surface area contributed by atoms with Crippen molar-refractivity contribution in [3.63, 3.8) is 0 Å². The number of carbonyl (C=O) groups is 2. The number of amides is 1. The Morgan fingerprint density at radius 1 is 1.12 bits per heavy atom. The highest BCUT2D eigenvalue weighted by atomic mass is 79.9. The van der Waals surface area contributed by atoms with E-state index in [4.69, 9.17) is 9.47 Å². The van der Waals surface area contributed by atoms with Gasteiger partial charge in [-0.2, -0.15) is 0 Å². The zero-order valence-corrected chi connectivity index (χ0v) is 19.4. The minimum Gasteiger partial charge on any atom is -0.507 e. The van der Waals surface area contributed by atoms with Crippen molar-refractivity contribution >= 4 is 33.4 Å². The number of aliphatic hydroxyl groups is 1. The molecule has 4 rings (SSSR count). The molecule has 2 saturated heterocycles. The quantitative estimate of drug-likeness (QED) is 0.372. The van der Waals surface area contributed by atoms with Crippen molar-refractivity contribution in [2.45, 2.75) is 6.04 Å². The number of hydrogen-bond donors (Lipinski definition) is 1. The number of methoxy groups -OCH3 is 1. The Balaban J connectivity index is 1.74. The summed E-state index contributed by atoms with van der Waals surface area (Å²) < 4.78 is 11.6. The van der Waals surface area contributed by atoms with Gasteiger partial charge in [0.25, 0.3) is 11.7 Å². The number of halogens is 1. The summed E-state index contributed by atoms with van der Waals surface area (Å²) in [5.74, 6) is -0.854. The van der Waals surface area contributed by atoms with Crippen molar-refractivity contribution in [1.82, 2.24) is 9.80 Å². The van der Waals surface area contributed by atoms with E-state index in [2.05, 4.69) is 20.8 Å². The molecule has 2 heterocycles. The molecular weight excluding hydrogens is 476 g/mol. The molecule has 0 saturated carbocycles. The fourth-order valence-electron chi connectivity index (χ4n) is 4.11. The predicted octanol–water partition coefficient (Wildman–Crippen LogP) is 3.21. The van der Waals surface area contributed by atoms with Gasteiger partial charge < -0.3 is 19.5 Å². The fraction of sp³-hybridized carbons (Fsp3) is 0.333. The van der Waals surface area contributed by atoms with Crippen molar-refractivity contribution in [2.75, 3.05) is 46.5 Å². The largest absolute Gasteiger partial charge is 0.507 e. The summed E-state index contributed by atoms with van der Waals surface area (Å²) in [6.45, 7) is 3.86. The number of Topliss-reactive ketones (excluding diaryl/α,β-unsaturated/α-hetero) is 1. The van der Waals surface area contributed by atoms with Gasteiger partial charge in [0.15, 0.2) is 0 Å². The third kappa shape index (κ3) is 4.57. The maximum Gasteiger partial charge on any atom is 0.295 e. The Hall–Kier alpha value is -2.68. The van der Waals surface area contributed by atoms with E-state index >= 15 is 0 Å². The number of ketones is 1. The van der Waals surface area contributed by atoms with E-state index in [-0.39, 0.29) is 11.3 Å². The van der Waals surface area contributed by atoms with Crippen LogP contribution in [0, 0.1) is 0 Å². The van der Waals surface area contributed by atoms with Crippen LogP contribution in [0.25, 0.3) is 5.76 Å². The predicted molar refractivity (Wildman–Crippen MR) is 123 cm³/mol. The van der Waals surface area contributed by atoms with Gasteiger partial charge in [0.05, 0.1) is 31.9 Å². The molecule has 168 valence electrons. The molecule has 2 aliphatic rings. The first-order chi connectivity index (χ1) is 15.5. The maximum atomic E-state index is 13.1. The van der Waals surface area contributed by atoms with Crippen molar-refractivity contribution in [3.8, 4) is 5.75 Å². The molecule has 0 aromatic heterocycles. The lowest BCUT2D eigenvalue weighted by molar-refractivity contribution is -0.140. The summed E-state index contributed by atoms with van der Waals surface area (Å²) in [6, 6.07) is 13.5. The Kier molecular flexibility index (Phi) is 6.93. The summed E-state index contributed by atoms with van der Waals surface area (Å²) in [4.78, 5) is 29.9. The lowest BCUT2D eigenvalue weighted by Gasteiger charge is -2.31. The molecule has 2 fully saturated rings. The summed E-state index contributed by atoms with van der Waals surface area (Å²) in [7, 11) is 1.57. The number of likely N-dealkylation sites (tertiary alicyclic amines) is 1. The van der Waals surface area contributed by atoms with Crippen molar-refractivity contribution < 1.29 is 24.2 Å². The van der Waals surface area contributed by atoms with E-state index in [1.807, 2.05) is 12.1 Å². The lowest BCUT2D eigenvalue weighted by Crippen LogP contribution is -2.42. The van der Waals surface area contributed by atoms with Crippen LogP contribution in [-0.4, -0.2) is 73.1 Å². The monoisotopic (exact) mass is 500 g/mol. The molecule has 7 nitrogen and oxygen atoms in total. The Bertz CT molecular complexity index is 1030. The summed E-state index contributed by atoms with van der Waals surface area (Å²) in [5.41, 5.74) is 1.28. The van der Waals surface area contributed by atoms with Crippen molar-refractivity contribution in [1.29, 1.82) is 0 Å². The van der Waals surface area contributed by atoms with Crippen LogP contribution in [0.2, 0.25) is 0 Å². The second-order valence-corrected chi connectivity index (χ2v) is 8.65. The van der Waals surface area contributed by atoms with Gasteiger partial charge in [-0.05, 0) is 29.8 Å². The normalized spacial score (nSPS) is 21.2. The van der Waals surface area contributed by atoms with Gasteiger partial charge in [-0.3, -0.25) is 14.5 Å². The smallest absolute Gasteiger partial charge is 0.295 e. The van der Waals surface area contributed by atoms with Gasteiger partial charge in [0, 0.05) is 36.2 Å². The number of rotatable bonds is 6. The minimum atomic E-state index is -0.699. The SMILES string of the molecule is COc1cccc(C2C(=C(O)c3ccc(Br)cc3)C(=O)C(=O)N2CCN2CCOCC2)c1. The van der Waals surface area contributed by atoms with Crippen LogP contribution in [0.1, 0.15) is 17.2 Å². The summed E-state index contributed by atoms with van der Waals surface area (Å²) in [5, 5.41) is 11.1. The number of aliphatic hydroxyl groups excluding tert-OH is 1. The van der Waals surface area contributed by atoms with Gasteiger partial charge in [0.2, 0.25) is 0 Å². The van der Waals surface area contributed by atoms with E-state index < -0.39 is 17.7 Å². The van der Waals surface area contributed by atoms with Crippen LogP contribution < -0.4 is 4.74 Å². The molecule has 1 amide bonds. The molecule has 0 bridgehead atoms. The summed E-state index contributed by atoms with van der Waals surface area (Å²) >= 11 is 3.38. The first-order valence-electron chi connectivity index (χ1n) is 10.5. The first kappa shape index (κ1) is 22.5. The van der Waals surface area contributed by atoms with Crippen molar-refractivity contribution in [3.05, 3.63) is 69.7 Å². The van der Waals surface area contributed by atoms with E-state index in [9.17, 15) is 14.7 Å². The van der Waals surface area contributed by atoms with Crippen LogP contribution >= 0.6 is 15.9 Å². The van der Waals surface area contributed by atoms with E-state index in [0.29, 0.717) is 43.2 Å². The number of ether oxygens (including phenoxy) is 2. The Labute approximate surface area is 195 Å². The highest BCUT2D eigenvalue weighted by Gasteiger charge is 2.46. The molecule has 0 radical (unpaired) electrons. The molecule has 32 heavy (non-hydrogen) atoms. The average Bonchev–Trinajstić information content (AvgIpc) is 3.08. The van der Waals surface area contributed by atoms with Crippen LogP contribution in [0.5, 0.6) is 5.75 Å². The van der Waals surface area contributed by atoms with Crippen LogP contribution in [0.3, 0.4) is 0 Å². The number of hydrogen-bond acceptors (Lipinski definition) is 6. The van der Waals surface area contributed by atoms with Gasteiger partial charge in [-0.15, -0.1) is 0 Å². The molecule has 1 unspecified atom stereocenters. The zero-order valence-electron chi connectivity index (χ0n) is 17.8. The molecule has 2 aromatic carbocycles. The van der Waals surface area contributed by atoms with E-state index in [1.54, 1.807) is 48.4 Å². The van der Waals surface area contributed by atoms with Crippen LogP contribution in [0.15, 0.2) is 58.6 Å². The fourth-order valence-corrected chi connectivity index (χ4v) is 4.37. The molecule has 0 aliphatic carbocycles. The third-order valence-electron chi connectivity index (χ3n) is 5.83. The first-order valence-corrected chi connectivity index (χ1v) is 11.3. The number of morpholine rings is 1. The molecule has 0 spiro atoms. The zero-order chi connectivity index (χ0) is 22.7. The molecule has 2 aromatic rings. The summed E-state index contributed by atoms with van der Waals surface area (Å²) in [6.07, 6.45) is 0. The van der Waals surface area contributed by atoms with E-state index in [0.717, 1.165) is 17.6 Å². The standard InChI is InChI=1S/C24H25BrN2O5/c1-31-19-4-2-3-17(15-19)21-20(22(28)16-5-7-18(25)8-6-16)23(29)24(30)27(21)10-9-26-11-13-32-14-12-26/h2-8,15,21,28H,9-14H2,1H3. The lowest BCUT2D eigenvalue weighted by atomic mass is 9.95. The number of benzene rings is 2. The van der Waals surface area contributed by atoms with Gasteiger partial charge in [-0.25, -0.2) is 0 Å². The molecule has 1 N–H and O–H groups in total. The Morgan fingerprint density at radius 3 is 2.53 bits per heavy atom. The van der Waals surface area contributed by atoms with Crippen LogP contribution in [0.4, 0.5) is 0 Å². The average molecular weight is 501 g/mol. The van der Waals surface area contributed by atoms with Crippen LogP contribution in [-0.2, 0) is 14.3 Å². The highest BCUT2D eigenvalue weighted by Crippen LogP contribution is 2.40. The maximum absolute atomic E-state index is 13.1. The number of nitrogens with zero attached hydrogens (tertiary/aromatic N) is 2. The van der Waals surface area contributed by atoms with Gasteiger partial charge in [-0.1, -0.05) is 40.2 Å². The molecule has 8 heteroatoms. The topological polar surface area (TPSA) is 79.3 Å². The molecular formula is C24H25BrN2O5. The second kappa shape index (κ2) is 9.85. The highest BCUT2D eigenvalue weighted by molar-refractivity contribution is 9.10. The number of carbonyl (C=O) groups excluding carboxylic acids is 2. The second-order valence-electron chi connectivity index (χ2n) is 7.73. The van der Waals surface area contributed by atoms with Gasteiger partial charge >= 0.3 is 0 Å². The van der Waals surface area contributed by atoms with Crippen molar-refractivity contribution in [2.24, 2.45) is 0 Å².